The average Bonchev–Trinajstić information content (AvgIpc) is 3.19. The fourth-order valence-corrected chi connectivity index (χ4v) is 7.10. The first-order valence-corrected chi connectivity index (χ1v) is 13.2. The number of piperidine rings is 1. The third kappa shape index (κ3) is 3.53. The maximum absolute atomic E-state index is 13.5. The van der Waals surface area contributed by atoms with E-state index in [-0.39, 0.29) is 17.2 Å². The van der Waals surface area contributed by atoms with Gasteiger partial charge in [-0.1, -0.05) is 30.3 Å². The number of rotatable bonds is 4. The zero-order valence-corrected chi connectivity index (χ0v) is 20.9. The van der Waals surface area contributed by atoms with Crippen LogP contribution in [0.5, 0.6) is 0 Å². The molecule has 0 bridgehead atoms. The van der Waals surface area contributed by atoms with E-state index in [0.29, 0.717) is 31.0 Å². The lowest BCUT2D eigenvalue weighted by molar-refractivity contribution is -0.138. The van der Waals surface area contributed by atoms with Crippen molar-refractivity contribution in [3.8, 4) is 5.69 Å². The number of nitrogens with zero attached hydrogens (tertiary/aromatic N) is 3. The van der Waals surface area contributed by atoms with Gasteiger partial charge in [0.25, 0.3) is 0 Å². The molecule has 3 aromatic carbocycles. The summed E-state index contributed by atoms with van der Waals surface area (Å²) in [6.45, 7) is 5.10. The zero-order chi connectivity index (χ0) is 25.1. The lowest BCUT2D eigenvalue weighted by Crippen LogP contribution is -2.40. The van der Waals surface area contributed by atoms with Crippen molar-refractivity contribution in [1.82, 2.24) is 14.7 Å². The first kappa shape index (κ1) is 22.7. The van der Waals surface area contributed by atoms with Crippen LogP contribution < -0.4 is 0 Å². The van der Waals surface area contributed by atoms with E-state index in [0.717, 1.165) is 42.5 Å². The Balaban J connectivity index is 1.28. The fraction of sp³-hybridized carbons (Fsp3) is 0.355. The number of fused-ring (bicyclic) bond motifs is 2. The van der Waals surface area contributed by atoms with Crippen LogP contribution >= 0.6 is 0 Å². The topological polar surface area (TPSA) is 47.4 Å². The van der Waals surface area contributed by atoms with E-state index < -0.39 is 0 Å². The molecule has 6 heteroatoms. The second kappa shape index (κ2) is 8.52. The standard InChI is InChI=1S/C31H30FN3O2/c1-20-15-28-23(17-33-35(28)25-9-7-24(32)8-10-25)16-26(20)31-19-34(30(36)22-11-13-37-14-12-22)18-27(31)29(31)21-5-3-2-4-6-21/h2-10,15-17,22,27,29H,11-14,18-19H2,1H3. The van der Waals surface area contributed by atoms with Crippen LogP contribution in [0, 0.1) is 24.6 Å². The summed E-state index contributed by atoms with van der Waals surface area (Å²) in [5.74, 6) is 0.920. The molecule has 2 aliphatic heterocycles. The van der Waals surface area contributed by atoms with Crippen LogP contribution in [-0.2, 0) is 14.9 Å². The van der Waals surface area contributed by atoms with Crippen molar-refractivity contribution >= 4 is 16.8 Å². The van der Waals surface area contributed by atoms with Crippen molar-refractivity contribution in [2.75, 3.05) is 26.3 Å². The molecule has 0 spiro atoms. The molecule has 2 saturated heterocycles. The van der Waals surface area contributed by atoms with Gasteiger partial charge < -0.3 is 9.64 Å². The summed E-state index contributed by atoms with van der Waals surface area (Å²) in [4.78, 5) is 15.6. The second-order valence-corrected chi connectivity index (χ2v) is 10.9. The molecular formula is C31H30FN3O2. The minimum atomic E-state index is -0.259. The number of amides is 1. The summed E-state index contributed by atoms with van der Waals surface area (Å²) in [6.07, 6.45) is 3.54. The zero-order valence-electron chi connectivity index (χ0n) is 20.9. The van der Waals surface area contributed by atoms with E-state index in [2.05, 4.69) is 59.4 Å². The number of aromatic nitrogens is 2. The molecular weight excluding hydrogens is 465 g/mol. The van der Waals surface area contributed by atoms with Crippen molar-refractivity contribution in [3.05, 3.63) is 95.4 Å². The van der Waals surface area contributed by atoms with Gasteiger partial charge in [-0.3, -0.25) is 4.79 Å². The molecule has 1 aliphatic carbocycles. The Kier molecular flexibility index (Phi) is 5.22. The van der Waals surface area contributed by atoms with Gasteiger partial charge in [-0.2, -0.15) is 5.10 Å². The molecule has 1 aromatic heterocycles. The normalized spacial score (nSPS) is 25.4. The van der Waals surface area contributed by atoms with Crippen LogP contribution in [0.1, 0.15) is 35.4 Å². The monoisotopic (exact) mass is 495 g/mol. The average molecular weight is 496 g/mol. The smallest absolute Gasteiger partial charge is 0.225 e. The summed E-state index contributed by atoms with van der Waals surface area (Å²) in [5.41, 5.74) is 5.64. The Morgan fingerprint density at radius 1 is 1.05 bits per heavy atom. The van der Waals surface area contributed by atoms with Crippen molar-refractivity contribution in [1.29, 1.82) is 0 Å². The maximum atomic E-state index is 13.5. The fourth-order valence-electron chi connectivity index (χ4n) is 7.10. The lowest BCUT2D eigenvalue weighted by Gasteiger charge is -2.30. The molecule has 188 valence electrons. The Morgan fingerprint density at radius 3 is 2.57 bits per heavy atom. The van der Waals surface area contributed by atoms with E-state index in [1.807, 2.05) is 10.9 Å². The van der Waals surface area contributed by atoms with Gasteiger partial charge in [-0.15, -0.1) is 0 Å². The van der Waals surface area contributed by atoms with E-state index in [1.54, 1.807) is 12.1 Å². The Labute approximate surface area is 215 Å². The number of carbonyl (C=O) groups is 1. The minimum Gasteiger partial charge on any atom is -0.381 e. The van der Waals surface area contributed by atoms with Gasteiger partial charge in [0.05, 0.1) is 17.4 Å². The quantitative estimate of drug-likeness (QED) is 0.381. The van der Waals surface area contributed by atoms with Crippen LogP contribution in [0.4, 0.5) is 4.39 Å². The molecule has 3 heterocycles. The summed E-state index contributed by atoms with van der Waals surface area (Å²) in [5, 5.41) is 5.70. The number of hydrogen-bond donors (Lipinski definition) is 0. The van der Waals surface area contributed by atoms with E-state index in [4.69, 9.17) is 4.74 Å². The number of carbonyl (C=O) groups excluding carboxylic acids is 1. The molecule has 0 N–H and O–H groups in total. The van der Waals surface area contributed by atoms with Gasteiger partial charge >= 0.3 is 0 Å². The first-order valence-electron chi connectivity index (χ1n) is 13.2. The summed E-state index contributed by atoms with van der Waals surface area (Å²) >= 11 is 0. The number of hydrogen-bond acceptors (Lipinski definition) is 3. The van der Waals surface area contributed by atoms with Crippen LogP contribution in [0.15, 0.2) is 72.9 Å². The SMILES string of the molecule is Cc1cc2c(cnn2-c2ccc(F)cc2)cc1C12CN(C(=O)C3CCOCC3)CC1C2c1ccccc1. The first-order chi connectivity index (χ1) is 18.1. The Morgan fingerprint density at radius 2 is 1.81 bits per heavy atom. The molecule has 3 fully saturated rings. The van der Waals surface area contributed by atoms with Gasteiger partial charge in [0.1, 0.15) is 5.82 Å². The van der Waals surface area contributed by atoms with Crippen molar-refractivity contribution in [2.24, 2.45) is 11.8 Å². The van der Waals surface area contributed by atoms with Crippen LogP contribution in [0.3, 0.4) is 0 Å². The maximum Gasteiger partial charge on any atom is 0.225 e. The molecule has 3 aliphatic rings. The number of benzene rings is 3. The van der Waals surface area contributed by atoms with Crippen LogP contribution in [0.2, 0.25) is 0 Å². The molecule has 1 saturated carbocycles. The van der Waals surface area contributed by atoms with Gasteiger partial charge in [0, 0.05) is 48.9 Å². The Hall–Kier alpha value is -3.51. The predicted molar refractivity (Wildman–Crippen MR) is 140 cm³/mol. The van der Waals surface area contributed by atoms with Crippen LogP contribution in [0.25, 0.3) is 16.6 Å². The molecule has 7 rings (SSSR count). The number of ether oxygens (including phenoxy) is 1. The summed E-state index contributed by atoms with van der Waals surface area (Å²) in [7, 11) is 0. The lowest BCUT2D eigenvalue weighted by atomic mass is 9.86. The van der Waals surface area contributed by atoms with Crippen molar-refractivity contribution < 1.29 is 13.9 Å². The molecule has 0 radical (unpaired) electrons. The molecule has 5 nitrogen and oxygen atoms in total. The summed E-state index contributed by atoms with van der Waals surface area (Å²) < 4.78 is 20.9. The molecule has 1 amide bonds. The van der Waals surface area contributed by atoms with Gasteiger partial charge in [-0.05, 0) is 78.8 Å². The molecule has 3 atom stereocenters. The number of likely N-dealkylation sites (tertiary alicyclic amines) is 1. The second-order valence-electron chi connectivity index (χ2n) is 10.9. The molecule has 37 heavy (non-hydrogen) atoms. The van der Waals surface area contributed by atoms with Gasteiger partial charge in [-0.25, -0.2) is 9.07 Å². The third-order valence-electron chi connectivity index (χ3n) is 8.91. The van der Waals surface area contributed by atoms with Crippen molar-refractivity contribution in [3.63, 3.8) is 0 Å². The molecule has 4 aromatic rings. The number of halogens is 1. The minimum absolute atomic E-state index is 0.0796. The van der Waals surface area contributed by atoms with Crippen molar-refractivity contribution in [2.45, 2.75) is 31.1 Å². The van der Waals surface area contributed by atoms with E-state index in [9.17, 15) is 9.18 Å². The van der Waals surface area contributed by atoms with E-state index >= 15 is 0 Å². The highest BCUT2D eigenvalue weighted by Gasteiger charge is 2.71. The van der Waals surface area contributed by atoms with Gasteiger partial charge in [0.15, 0.2) is 0 Å². The summed E-state index contributed by atoms with van der Waals surface area (Å²) in [6, 6.07) is 21.7. The largest absolute Gasteiger partial charge is 0.381 e. The highest BCUT2D eigenvalue weighted by molar-refractivity contribution is 5.84. The van der Waals surface area contributed by atoms with E-state index in [1.165, 1.54) is 28.8 Å². The highest BCUT2D eigenvalue weighted by Crippen LogP contribution is 2.70. The van der Waals surface area contributed by atoms with Gasteiger partial charge in [0.2, 0.25) is 5.91 Å². The predicted octanol–water partition coefficient (Wildman–Crippen LogP) is 5.39. The highest BCUT2D eigenvalue weighted by atomic mass is 19.1. The number of aryl methyl sites for hydroxylation is 1. The Bertz CT molecular complexity index is 1480. The van der Waals surface area contributed by atoms with Crippen LogP contribution in [-0.4, -0.2) is 46.9 Å². The molecule has 3 unspecified atom stereocenters. The third-order valence-corrected chi connectivity index (χ3v) is 8.91.